The van der Waals surface area contributed by atoms with Gasteiger partial charge in [-0.15, -0.1) is 0 Å². The Bertz CT molecular complexity index is 677. The molecule has 0 saturated carbocycles. The maximum Gasteiger partial charge on any atom is 0.267 e. The lowest BCUT2D eigenvalue weighted by Gasteiger charge is -2.10. The first-order chi connectivity index (χ1) is 9.60. The minimum absolute atomic E-state index is 0.0848. The Morgan fingerprint density at radius 3 is 2.75 bits per heavy atom. The van der Waals surface area contributed by atoms with Crippen LogP contribution in [0.3, 0.4) is 0 Å². The molecule has 1 aromatic carbocycles. The lowest BCUT2D eigenvalue weighted by Crippen LogP contribution is -2.29. The molecule has 20 heavy (non-hydrogen) atoms. The van der Waals surface area contributed by atoms with Gasteiger partial charge in [0.2, 0.25) is 5.91 Å². The minimum atomic E-state index is -0.283. The minimum Gasteiger partial charge on any atom is -0.324 e. The largest absolute Gasteiger partial charge is 0.324 e. The lowest BCUT2D eigenvalue weighted by atomic mass is 10.1. The third kappa shape index (κ3) is 3.32. The van der Waals surface area contributed by atoms with Crippen molar-refractivity contribution in [3.63, 3.8) is 0 Å². The van der Waals surface area contributed by atoms with Crippen LogP contribution in [0.4, 0.5) is 5.69 Å². The first kappa shape index (κ1) is 14.0. The maximum atomic E-state index is 12.0. The van der Waals surface area contributed by atoms with Crippen molar-refractivity contribution in [1.82, 2.24) is 9.78 Å². The van der Waals surface area contributed by atoms with Crippen molar-refractivity contribution >= 4 is 11.6 Å². The van der Waals surface area contributed by atoms with E-state index in [2.05, 4.69) is 10.4 Å². The highest BCUT2D eigenvalue weighted by Gasteiger charge is 2.08. The molecule has 5 heteroatoms. The van der Waals surface area contributed by atoms with Crippen LogP contribution in [0.25, 0.3) is 0 Å². The van der Waals surface area contributed by atoms with E-state index in [-0.39, 0.29) is 18.0 Å². The molecule has 1 aromatic heterocycles. The summed E-state index contributed by atoms with van der Waals surface area (Å²) in [7, 11) is 0. The molecule has 2 aromatic rings. The Kier molecular flexibility index (Phi) is 4.30. The van der Waals surface area contributed by atoms with Crippen LogP contribution in [0.1, 0.15) is 18.2 Å². The molecule has 1 amide bonds. The van der Waals surface area contributed by atoms with Gasteiger partial charge in [-0.3, -0.25) is 9.59 Å². The summed E-state index contributed by atoms with van der Waals surface area (Å²) < 4.78 is 1.17. The van der Waals surface area contributed by atoms with Crippen molar-refractivity contribution in [3.05, 3.63) is 58.0 Å². The summed E-state index contributed by atoms with van der Waals surface area (Å²) in [5, 5.41) is 6.86. The Morgan fingerprint density at radius 2 is 2.00 bits per heavy atom. The number of aryl methyl sites for hydroxylation is 2. The zero-order valence-electron chi connectivity index (χ0n) is 11.6. The van der Waals surface area contributed by atoms with E-state index in [0.717, 1.165) is 17.7 Å². The van der Waals surface area contributed by atoms with Gasteiger partial charge in [0, 0.05) is 11.8 Å². The molecule has 0 atom stereocenters. The van der Waals surface area contributed by atoms with Crippen molar-refractivity contribution in [2.45, 2.75) is 26.8 Å². The molecule has 0 fully saturated rings. The molecule has 0 bridgehead atoms. The zero-order chi connectivity index (χ0) is 14.5. The van der Waals surface area contributed by atoms with E-state index in [1.807, 2.05) is 31.2 Å². The van der Waals surface area contributed by atoms with Crippen molar-refractivity contribution in [2.24, 2.45) is 0 Å². The molecule has 0 saturated heterocycles. The summed E-state index contributed by atoms with van der Waals surface area (Å²) in [5.74, 6) is -0.258. The molecular formula is C15H17N3O2. The Labute approximate surface area is 117 Å². The zero-order valence-corrected chi connectivity index (χ0v) is 11.6. The molecule has 0 spiro atoms. The van der Waals surface area contributed by atoms with Crippen molar-refractivity contribution in [2.75, 3.05) is 5.32 Å². The molecule has 104 valence electrons. The van der Waals surface area contributed by atoms with E-state index < -0.39 is 0 Å². The fourth-order valence-corrected chi connectivity index (χ4v) is 1.94. The van der Waals surface area contributed by atoms with Crippen LogP contribution in [-0.4, -0.2) is 15.7 Å². The topological polar surface area (TPSA) is 64.0 Å². The number of carbonyl (C=O) groups excluding carboxylic acids is 1. The highest BCUT2D eigenvalue weighted by atomic mass is 16.2. The first-order valence-corrected chi connectivity index (χ1v) is 6.52. The van der Waals surface area contributed by atoms with E-state index in [1.165, 1.54) is 10.7 Å². The number of aromatic nitrogens is 2. The van der Waals surface area contributed by atoms with Gasteiger partial charge in [0.05, 0.1) is 5.69 Å². The summed E-state index contributed by atoms with van der Waals surface area (Å²) >= 11 is 0. The number of rotatable bonds is 4. The highest BCUT2D eigenvalue weighted by Crippen LogP contribution is 2.15. The Balaban J connectivity index is 2.13. The second-order valence-corrected chi connectivity index (χ2v) is 4.53. The third-order valence-corrected chi connectivity index (χ3v) is 2.97. The highest BCUT2D eigenvalue weighted by molar-refractivity contribution is 5.91. The van der Waals surface area contributed by atoms with Gasteiger partial charge >= 0.3 is 0 Å². The number of para-hydroxylation sites is 1. The number of amides is 1. The van der Waals surface area contributed by atoms with Crippen molar-refractivity contribution in [1.29, 1.82) is 0 Å². The van der Waals surface area contributed by atoms with E-state index in [0.29, 0.717) is 5.69 Å². The van der Waals surface area contributed by atoms with E-state index >= 15 is 0 Å². The summed E-state index contributed by atoms with van der Waals surface area (Å²) in [6, 6.07) is 10.7. The average Bonchev–Trinajstić information content (AvgIpc) is 2.43. The van der Waals surface area contributed by atoms with Gasteiger partial charge in [-0.25, -0.2) is 4.68 Å². The van der Waals surface area contributed by atoms with E-state index in [4.69, 9.17) is 0 Å². The van der Waals surface area contributed by atoms with Gasteiger partial charge in [0.25, 0.3) is 5.56 Å². The molecule has 0 aliphatic heterocycles. The van der Waals surface area contributed by atoms with Crippen LogP contribution < -0.4 is 10.9 Å². The predicted molar refractivity (Wildman–Crippen MR) is 77.7 cm³/mol. The average molecular weight is 271 g/mol. The SMILES string of the molecule is CCc1ccccc1NC(=O)Cn1nc(C)ccc1=O. The molecule has 5 nitrogen and oxygen atoms in total. The Hall–Kier alpha value is -2.43. The van der Waals surface area contributed by atoms with Gasteiger partial charge in [0.15, 0.2) is 0 Å². The number of nitrogens with zero attached hydrogens (tertiary/aromatic N) is 2. The standard InChI is InChI=1S/C15H17N3O2/c1-3-12-6-4-5-7-13(12)16-14(19)10-18-15(20)9-8-11(2)17-18/h4-9H,3,10H2,1-2H3,(H,16,19). The van der Waals surface area contributed by atoms with Crippen LogP contribution in [-0.2, 0) is 17.8 Å². The number of hydrogen-bond acceptors (Lipinski definition) is 3. The Morgan fingerprint density at radius 1 is 1.25 bits per heavy atom. The second kappa shape index (κ2) is 6.14. The lowest BCUT2D eigenvalue weighted by molar-refractivity contribution is -0.117. The van der Waals surface area contributed by atoms with Gasteiger partial charge < -0.3 is 5.32 Å². The van der Waals surface area contributed by atoms with Crippen LogP contribution in [0, 0.1) is 6.92 Å². The molecule has 0 unspecified atom stereocenters. The second-order valence-electron chi connectivity index (χ2n) is 4.53. The smallest absolute Gasteiger partial charge is 0.267 e. The first-order valence-electron chi connectivity index (χ1n) is 6.52. The number of carbonyl (C=O) groups is 1. The van der Waals surface area contributed by atoms with Crippen molar-refractivity contribution < 1.29 is 4.79 Å². The molecule has 0 aliphatic rings. The van der Waals surface area contributed by atoms with Crippen molar-refractivity contribution in [3.8, 4) is 0 Å². The third-order valence-electron chi connectivity index (χ3n) is 2.97. The molecular weight excluding hydrogens is 254 g/mol. The number of nitrogens with one attached hydrogen (secondary N) is 1. The number of anilines is 1. The van der Waals surface area contributed by atoms with Crippen LogP contribution in [0.15, 0.2) is 41.2 Å². The molecule has 0 radical (unpaired) electrons. The number of hydrogen-bond donors (Lipinski definition) is 1. The predicted octanol–water partition coefficient (Wildman–Crippen LogP) is 1.75. The fourth-order valence-electron chi connectivity index (χ4n) is 1.94. The summed E-state index contributed by atoms with van der Waals surface area (Å²) in [5.41, 5.74) is 2.26. The molecule has 0 aliphatic carbocycles. The molecule has 2 rings (SSSR count). The van der Waals surface area contributed by atoms with E-state index in [1.54, 1.807) is 13.0 Å². The van der Waals surface area contributed by atoms with E-state index in [9.17, 15) is 9.59 Å². The van der Waals surface area contributed by atoms with Gasteiger partial charge in [-0.1, -0.05) is 25.1 Å². The van der Waals surface area contributed by atoms with Gasteiger partial charge in [-0.2, -0.15) is 5.10 Å². The van der Waals surface area contributed by atoms with Crippen LogP contribution >= 0.6 is 0 Å². The number of benzene rings is 1. The van der Waals surface area contributed by atoms with Crippen LogP contribution in [0.2, 0.25) is 0 Å². The summed E-state index contributed by atoms with van der Waals surface area (Å²) in [4.78, 5) is 23.6. The normalized spacial score (nSPS) is 10.3. The van der Waals surface area contributed by atoms with Crippen LogP contribution in [0.5, 0.6) is 0 Å². The fraction of sp³-hybridized carbons (Fsp3) is 0.267. The van der Waals surface area contributed by atoms with Gasteiger partial charge in [-0.05, 0) is 31.0 Å². The van der Waals surface area contributed by atoms with Gasteiger partial charge in [0.1, 0.15) is 6.54 Å². The molecule has 1 N–H and O–H groups in total. The molecule has 1 heterocycles. The maximum absolute atomic E-state index is 12.0. The summed E-state index contributed by atoms with van der Waals surface area (Å²) in [6.07, 6.45) is 0.832. The quantitative estimate of drug-likeness (QED) is 0.921. The monoisotopic (exact) mass is 271 g/mol. The summed E-state index contributed by atoms with van der Waals surface area (Å²) in [6.45, 7) is 3.72.